The molecule has 2 aromatic rings. The number of benzene rings is 1. The van der Waals surface area contributed by atoms with Gasteiger partial charge in [0.05, 0.1) is 11.2 Å². The molecule has 24 heavy (non-hydrogen) atoms. The van der Waals surface area contributed by atoms with Gasteiger partial charge in [0, 0.05) is 24.3 Å². The normalized spacial score (nSPS) is 17.8. The van der Waals surface area contributed by atoms with Crippen LogP contribution in [0.2, 0.25) is 5.02 Å². The van der Waals surface area contributed by atoms with Crippen molar-refractivity contribution in [2.75, 3.05) is 18.0 Å². The van der Waals surface area contributed by atoms with Crippen LogP contribution in [0.1, 0.15) is 24.0 Å². The Morgan fingerprint density at radius 1 is 1.08 bits per heavy atom. The summed E-state index contributed by atoms with van der Waals surface area (Å²) >= 11 is 5.86. The van der Waals surface area contributed by atoms with E-state index in [2.05, 4.69) is 4.98 Å². The first-order valence-corrected chi connectivity index (χ1v) is 7.92. The summed E-state index contributed by atoms with van der Waals surface area (Å²) in [5.74, 6) is 0.281. The van der Waals surface area contributed by atoms with Crippen LogP contribution >= 0.6 is 11.6 Å². The Morgan fingerprint density at radius 2 is 1.71 bits per heavy atom. The topological polar surface area (TPSA) is 36.4 Å². The van der Waals surface area contributed by atoms with Crippen LogP contribution in [-0.2, 0) is 11.8 Å². The van der Waals surface area contributed by atoms with E-state index in [1.54, 1.807) is 29.2 Å². The van der Waals surface area contributed by atoms with Crippen LogP contribution in [0.5, 0.6) is 0 Å². The van der Waals surface area contributed by atoms with Crippen molar-refractivity contribution in [3.05, 3.63) is 58.7 Å². The Labute approximate surface area is 142 Å². The fraction of sp³-hybridized carbons (Fsp3) is 0.353. The van der Waals surface area contributed by atoms with Crippen molar-refractivity contribution < 1.29 is 18.3 Å². The minimum absolute atomic E-state index is 0.281. The Morgan fingerprint density at radius 3 is 2.29 bits per heavy atom. The van der Waals surface area contributed by atoms with E-state index in [1.807, 2.05) is 0 Å². The number of rotatable bonds is 2. The van der Waals surface area contributed by atoms with Gasteiger partial charge in [0.15, 0.2) is 0 Å². The molecule has 3 rings (SSSR count). The van der Waals surface area contributed by atoms with Crippen LogP contribution < -0.4 is 4.90 Å². The van der Waals surface area contributed by atoms with E-state index in [9.17, 15) is 18.3 Å². The van der Waals surface area contributed by atoms with Gasteiger partial charge in [-0.15, -0.1) is 0 Å². The van der Waals surface area contributed by atoms with Crippen molar-refractivity contribution in [1.29, 1.82) is 0 Å². The second kappa shape index (κ2) is 6.26. The minimum atomic E-state index is -4.39. The molecule has 0 spiro atoms. The van der Waals surface area contributed by atoms with E-state index in [0.717, 1.165) is 23.9 Å². The van der Waals surface area contributed by atoms with Crippen molar-refractivity contribution in [3.63, 3.8) is 0 Å². The third-order valence-electron chi connectivity index (χ3n) is 4.37. The molecule has 1 fully saturated rings. The second-order valence-electron chi connectivity index (χ2n) is 5.93. The van der Waals surface area contributed by atoms with Crippen LogP contribution in [0.25, 0.3) is 0 Å². The van der Waals surface area contributed by atoms with Crippen LogP contribution in [-0.4, -0.2) is 23.2 Å². The van der Waals surface area contributed by atoms with Gasteiger partial charge in [0.1, 0.15) is 5.82 Å². The molecule has 0 atom stereocenters. The highest BCUT2D eigenvalue weighted by molar-refractivity contribution is 6.30. The first-order chi connectivity index (χ1) is 11.3. The molecule has 1 aromatic heterocycles. The molecule has 128 valence electrons. The van der Waals surface area contributed by atoms with Gasteiger partial charge in [-0.25, -0.2) is 4.98 Å². The summed E-state index contributed by atoms with van der Waals surface area (Å²) < 4.78 is 38.4. The minimum Gasteiger partial charge on any atom is -0.385 e. The zero-order valence-electron chi connectivity index (χ0n) is 12.7. The SMILES string of the molecule is OC1(c2ccc(Cl)cc2)CCN(c2cc(C(F)(F)F)ccn2)CC1. The Balaban J connectivity index is 1.74. The number of hydrogen-bond acceptors (Lipinski definition) is 3. The summed E-state index contributed by atoms with van der Waals surface area (Å²) in [4.78, 5) is 5.80. The highest BCUT2D eigenvalue weighted by Crippen LogP contribution is 2.36. The van der Waals surface area contributed by atoms with Gasteiger partial charge in [-0.1, -0.05) is 23.7 Å². The lowest BCUT2D eigenvalue weighted by molar-refractivity contribution is -0.137. The molecular weight excluding hydrogens is 341 g/mol. The predicted molar refractivity (Wildman–Crippen MR) is 86.0 cm³/mol. The highest BCUT2D eigenvalue weighted by Gasteiger charge is 2.35. The Bertz CT molecular complexity index is 711. The number of nitrogens with zero attached hydrogens (tertiary/aromatic N) is 2. The van der Waals surface area contributed by atoms with E-state index in [1.165, 1.54) is 0 Å². The lowest BCUT2D eigenvalue weighted by atomic mass is 9.84. The maximum absolute atomic E-state index is 12.8. The van der Waals surface area contributed by atoms with Crippen molar-refractivity contribution in [2.24, 2.45) is 0 Å². The maximum Gasteiger partial charge on any atom is 0.416 e. The average Bonchev–Trinajstić information content (AvgIpc) is 2.55. The zero-order valence-corrected chi connectivity index (χ0v) is 13.5. The molecule has 0 amide bonds. The van der Waals surface area contributed by atoms with Gasteiger partial charge < -0.3 is 10.0 Å². The third-order valence-corrected chi connectivity index (χ3v) is 4.62. The molecule has 7 heteroatoms. The molecule has 1 aliphatic heterocycles. The summed E-state index contributed by atoms with van der Waals surface area (Å²) in [6, 6.07) is 9.00. The van der Waals surface area contributed by atoms with Gasteiger partial charge >= 0.3 is 6.18 Å². The number of anilines is 1. The monoisotopic (exact) mass is 356 g/mol. The summed E-state index contributed by atoms with van der Waals surface area (Å²) in [5.41, 5.74) is -0.947. The fourth-order valence-electron chi connectivity index (χ4n) is 2.92. The van der Waals surface area contributed by atoms with E-state index in [-0.39, 0.29) is 5.82 Å². The molecular formula is C17H16ClF3N2O. The van der Waals surface area contributed by atoms with Gasteiger partial charge in [-0.05, 0) is 42.7 Å². The number of aliphatic hydroxyl groups is 1. The lowest BCUT2D eigenvalue weighted by Crippen LogP contribution is -2.43. The molecule has 2 heterocycles. The molecule has 3 nitrogen and oxygen atoms in total. The lowest BCUT2D eigenvalue weighted by Gasteiger charge is -2.39. The number of pyridine rings is 1. The molecule has 0 aliphatic carbocycles. The second-order valence-corrected chi connectivity index (χ2v) is 6.36. The standard InChI is InChI=1S/C17H16ClF3N2O/c18-14-3-1-12(2-4-14)16(24)6-9-23(10-7-16)15-11-13(5-8-22-15)17(19,20)21/h1-5,8,11,24H,6-7,9-10H2. The Hall–Kier alpha value is -1.79. The van der Waals surface area contributed by atoms with Gasteiger partial charge in [0.2, 0.25) is 0 Å². The van der Waals surface area contributed by atoms with E-state index in [0.29, 0.717) is 31.0 Å². The molecule has 0 unspecified atom stereocenters. The predicted octanol–water partition coefficient (Wildman–Crippen LogP) is 4.24. The van der Waals surface area contributed by atoms with Crippen molar-refractivity contribution >= 4 is 17.4 Å². The summed E-state index contributed by atoms with van der Waals surface area (Å²) in [5, 5.41) is 11.4. The van der Waals surface area contributed by atoms with E-state index >= 15 is 0 Å². The summed E-state index contributed by atoms with van der Waals surface area (Å²) in [6.07, 6.45) is -2.41. The van der Waals surface area contributed by atoms with Gasteiger partial charge in [0.25, 0.3) is 0 Å². The summed E-state index contributed by atoms with van der Waals surface area (Å²) in [7, 11) is 0. The van der Waals surface area contributed by atoms with Crippen molar-refractivity contribution in [1.82, 2.24) is 4.98 Å². The fourth-order valence-corrected chi connectivity index (χ4v) is 3.05. The highest BCUT2D eigenvalue weighted by atomic mass is 35.5. The number of alkyl halides is 3. The number of halogens is 4. The average molecular weight is 357 g/mol. The molecule has 1 saturated heterocycles. The van der Waals surface area contributed by atoms with Crippen molar-refractivity contribution in [2.45, 2.75) is 24.6 Å². The summed E-state index contributed by atoms with van der Waals surface area (Å²) in [6.45, 7) is 0.848. The molecule has 0 bridgehead atoms. The molecule has 1 aliphatic rings. The zero-order chi connectivity index (χ0) is 17.4. The largest absolute Gasteiger partial charge is 0.416 e. The van der Waals surface area contributed by atoms with Crippen LogP contribution in [0.15, 0.2) is 42.6 Å². The van der Waals surface area contributed by atoms with E-state index in [4.69, 9.17) is 11.6 Å². The quantitative estimate of drug-likeness (QED) is 0.874. The van der Waals surface area contributed by atoms with E-state index < -0.39 is 17.3 Å². The van der Waals surface area contributed by atoms with Crippen LogP contribution in [0.4, 0.5) is 19.0 Å². The molecule has 0 saturated carbocycles. The maximum atomic E-state index is 12.8. The Kier molecular flexibility index (Phi) is 4.44. The number of aromatic nitrogens is 1. The molecule has 1 N–H and O–H groups in total. The molecule has 1 aromatic carbocycles. The van der Waals surface area contributed by atoms with Crippen molar-refractivity contribution in [3.8, 4) is 0 Å². The van der Waals surface area contributed by atoms with Gasteiger partial charge in [-0.2, -0.15) is 13.2 Å². The first-order valence-electron chi connectivity index (χ1n) is 7.55. The number of piperidine rings is 1. The molecule has 0 radical (unpaired) electrons. The number of hydrogen-bond donors (Lipinski definition) is 1. The third kappa shape index (κ3) is 3.49. The first kappa shape index (κ1) is 17.0. The van der Waals surface area contributed by atoms with Gasteiger partial charge in [-0.3, -0.25) is 0 Å². The van der Waals surface area contributed by atoms with Crippen LogP contribution in [0, 0.1) is 0 Å². The smallest absolute Gasteiger partial charge is 0.385 e. The van der Waals surface area contributed by atoms with Crippen LogP contribution in [0.3, 0.4) is 0 Å².